The van der Waals surface area contributed by atoms with E-state index in [0.717, 1.165) is 51.5 Å². The Kier molecular flexibility index (Phi) is 3.98. The molecule has 1 N–H and O–H groups in total. The summed E-state index contributed by atoms with van der Waals surface area (Å²) < 4.78 is 37.8. The van der Waals surface area contributed by atoms with Crippen molar-refractivity contribution in [1.29, 1.82) is 0 Å². The van der Waals surface area contributed by atoms with Crippen molar-refractivity contribution in [3.05, 3.63) is 22.8 Å². The molecule has 0 aromatic carbocycles. The molecule has 0 aliphatic carbocycles. The molecule has 0 bridgehead atoms. The van der Waals surface area contributed by atoms with Gasteiger partial charge in [0.25, 0.3) is 0 Å². The Bertz CT molecular complexity index is 511. The fourth-order valence-electron chi connectivity index (χ4n) is 2.65. The van der Waals surface area contributed by atoms with Crippen LogP contribution in [0.3, 0.4) is 0 Å². The Balaban J connectivity index is 1.67. The summed E-state index contributed by atoms with van der Waals surface area (Å²) in [6.45, 7) is 5.25. The lowest BCUT2D eigenvalue weighted by Crippen LogP contribution is -2.61. The lowest BCUT2D eigenvalue weighted by molar-refractivity contribution is -0.137. The van der Waals surface area contributed by atoms with E-state index < -0.39 is 11.7 Å². The molecule has 0 amide bonds. The molecular weight excluding hydrogens is 305 g/mol. The van der Waals surface area contributed by atoms with Crippen LogP contribution in [0.2, 0.25) is 5.02 Å². The number of nitrogens with zero attached hydrogens (tertiary/aromatic N) is 3. The second kappa shape index (κ2) is 5.62. The van der Waals surface area contributed by atoms with E-state index >= 15 is 0 Å². The van der Waals surface area contributed by atoms with Gasteiger partial charge >= 0.3 is 6.18 Å². The molecule has 0 spiro atoms. The van der Waals surface area contributed by atoms with Gasteiger partial charge in [-0.1, -0.05) is 11.6 Å². The number of rotatable bonds is 2. The molecule has 116 valence electrons. The van der Waals surface area contributed by atoms with E-state index in [1.165, 1.54) is 0 Å². The van der Waals surface area contributed by atoms with Gasteiger partial charge in [0.05, 0.1) is 10.6 Å². The molecule has 2 aliphatic heterocycles. The molecule has 0 radical (unpaired) electrons. The molecule has 0 atom stereocenters. The van der Waals surface area contributed by atoms with Gasteiger partial charge in [-0.25, -0.2) is 4.98 Å². The minimum Gasteiger partial charge on any atom is -0.353 e. The highest BCUT2D eigenvalue weighted by Gasteiger charge is 2.33. The number of piperazine rings is 1. The average molecular weight is 321 g/mol. The van der Waals surface area contributed by atoms with E-state index in [9.17, 15) is 13.2 Å². The zero-order chi connectivity index (χ0) is 15.0. The molecule has 3 rings (SSSR count). The summed E-state index contributed by atoms with van der Waals surface area (Å²) >= 11 is 5.98. The third-order valence-corrected chi connectivity index (χ3v) is 4.32. The Labute approximate surface area is 125 Å². The number of pyridine rings is 1. The van der Waals surface area contributed by atoms with Crippen molar-refractivity contribution in [3.63, 3.8) is 0 Å². The molecular formula is C13H16ClF3N4. The minimum atomic E-state index is -4.41. The number of aromatic nitrogens is 1. The lowest BCUT2D eigenvalue weighted by atomic mass is 10.1. The number of anilines is 1. The van der Waals surface area contributed by atoms with Gasteiger partial charge in [0, 0.05) is 51.5 Å². The Morgan fingerprint density at radius 3 is 2.33 bits per heavy atom. The van der Waals surface area contributed by atoms with E-state index in [0.29, 0.717) is 11.9 Å². The van der Waals surface area contributed by atoms with Crippen LogP contribution < -0.4 is 10.2 Å². The maximum Gasteiger partial charge on any atom is 0.417 e. The van der Waals surface area contributed by atoms with Crippen LogP contribution >= 0.6 is 11.6 Å². The standard InChI is InChI=1S/C13H16ClF3N4/c14-11-5-9(13(15,16)17)6-19-12(11)21-3-1-20(2-4-21)10-7-18-8-10/h5-6,10,18H,1-4,7-8H2. The number of hydrogen-bond donors (Lipinski definition) is 1. The summed E-state index contributed by atoms with van der Waals surface area (Å²) in [5.41, 5.74) is -0.810. The second-order valence-electron chi connectivity index (χ2n) is 5.36. The van der Waals surface area contributed by atoms with Crippen molar-refractivity contribution < 1.29 is 13.2 Å². The van der Waals surface area contributed by atoms with Crippen LogP contribution in [-0.4, -0.2) is 55.2 Å². The molecule has 21 heavy (non-hydrogen) atoms. The van der Waals surface area contributed by atoms with Gasteiger partial charge in [-0.3, -0.25) is 4.90 Å². The van der Waals surface area contributed by atoms with E-state index in [1.54, 1.807) is 0 Å². The van der Waals surface area contributed by atoms with Crippen LogP contribution in [0, 0.1) is 0 Å². The third-order valence-electron chi connectivity index (χ3n) is 4.04. The monoisotopic (exact) mass is 320 g/mol. The minimum absolute atomic E-state index is 0.0589. The van der Waals surface area contributed by atoms with Crippen molar-refractivity contribution in [2.75, 3.05) is 44.2 Å². The third kappa shape index (κ3) is 3.09. The predicted octanol–water partition coefficient (Wildman–Crippen LogP) is 1.85. The second-order valence-corrected chi connectivity index (χ2v) is 5.77. The van der Waals surface area contributed by atoms with Gasteiger partial charge < -0.3 is 10.2 Å². The molecule has 4 nitrogen and oxygen atoms in total. The first-order valence-electron chi connectivity index (χ1n) is 6.87. The summed E-state index contributed by atoms with van der Waals surface area (Å²) in [6.07, 6.45) is -3.56. The van der Waals surface area contributed by atoms with Crippen molar-refractivity contribution >= 4 is 17.4 Å². The van der Waals surface area contributed by atoms with Crippen molar-refractivity contribution in [2.24, 2.45) is 0 Å². The van der Waals surface area contributed by atoms with Gasteiger partial charge in [0.1, 0.15) is 5.82 Å². The molecule has 2 fully saturated rings. The molecule has 8 heteroatoms. The van der Waals surface area contributed by atoms with Crippen LogP contribution in [0.4, 0.5) is 19.0 Å². The number of alkyl halides is 3. The lowest BCUT2D eigenvalue weighted by Gasteiger charge is -2.43. The van der Waals surface area contributed by atoms with Gasteiger partial charge in [0.2, 0.25) is 0 Å². The van der Waals surface area contributed by atoms with Crippen LogP contribution in [0.5, 0.6) is 0 Å². The average Bonchev–Trinajstić information content (AvgIpc) is 2.37. The molecule has 2 aliphatic rings. The molecule has 2 saturated heterocycles. The first kappa shape index (κ1) is 14.9. The van der Waals surface area contributed by atoms with E-state index in [2.05, 4.69) is 15.2 Å². The molecule has 1 aromatic rings. The van der Waals surface area contributed by atoms with Gasteiger partial charge in [0.15, 0.2) is 0 Å². The largest absolute Gasteiger partial charge is 0.417 e. The number of nitrogens with one attached hydrogen (secondary N) is 1. The first-order chi connectivity index (χ1) is 9.95. The molecule has 3 heterocycles. The Morgan fingerprint density at radius 1 is 1.19 bits per heavy atom. The summed E-state index contributed by atoms with van der Waals surface area (Å²) in [5, 5.41) is 3.29. The van der Waals surface area contributed by atoms with Gasteiger partial charge in [-0.15, -0.1) is 0 Å². The number of halogens is 4. The molecule has 0 unspecified atom stereocenters. The Morgan fingerprint density at radius 2 is 1.86 bits per heavy atom. The van der Waals surface area contributed by atoms with E-state index in [4.69, 9.17) is 11.6 Å². The quantitative estimate of drug-likeness (QED) is 0.901. The van der Waals surface area contributed by atoms with Crippen molar-refractivity contribution in [2.45, 2.75) is 12.2 Å². The fraction of sp³-hybridized carbons (Fsp3) is 0.615. The topological polar surface area (TPSA) is 31.4 Å². The highest BCUT2D eigenvalue weighted by Crippen LogP contribution is 2.33. The molecule has 1 aromatic heterocycles. The van der Waals surface area contributed by atoms with E-state index in [1.807, 2.05) is 4.90 Å². The normalized spacial score (nSPS) is 21.4. The summed E-state index contributed by atoms with van der Waals surface area (Å²) in [6, 6.07) is 1.54. The SMILES string of the molecule is FC(F)(F)c1cnc(N2CCN(C3CNC3)CC2)c(Cl)c1. The van der Waals surface area contributed by atoms with Crippen LogP contribution in [0.1, 0.15) is 5.56 Å². The summed E-state index contributed by atoms with van der Waals surface area (Å²) in [4.78, 5) is 8.26. The number of hydrogen-bond acceptors (Lipinski definition) is 4. The summed E-state index contributed by atoms with van der Waals surface area (Å²) in [7, 11) is 0. The zero-order valence-electron chi connectivity index (χ0n) is 11.3. The summed E-state index contributed by atoms with van der Waals surface area (Å²) in [5.74, 6) is 0.441. The Hall–Kier alpha value is -1.05. The maximum atomic E-state index is 12.6. The van der Waals surface area contributed by atoms with Crippen LogP contribution in [0.25, 0.3) is 0 Å². The van der Waals surface area contributed by atoms with Crippen LogP contribution in [-0.2, 0) is 6.18 Å². The van der Waals surface area contributed by atoms with E-state index in [-0.39, 0.29) is 5.02 Å². The predicted molar refractivity (Wildman–Crippen MR) is 74.7 cm³/mol. The fourth-order valence-corrected chi connectivity index (χ4v) is 2.93. The smallest absolute Gasteiger partial charge is 0.353 e. The van der Waals surface area contributed by atoms with Crippen LogP contribution in [0.15, 0.2) is 12.3 Å². The van der Waals surface area contributed by atoms with Crippen molar-refractivity contribution in [1.82, 2.24) is 15.2 Å². The van der Waals surface area contributed by atoms with Gasteiger partial charge in [-0.05, 0) is 6.07 Å². The first-order valence-corrected chi connectivity index (χ1v) is 7.25. The molecule has 0 saturated carbocycles. The van der Waals surface area contributed by atoms with Crippen molar-refractivity contribution in [3.8, 4) is 0 Å². The maximum absolute atomic E-state index is 12.6. The zero-order valence-corrected chi connectivity index (χ0v) is 12.1. The highest BCUT2D eigenvalue weighted by atomic mass is 35.5. The van der Waals surface area contributed by atoms with Gasteiger partial charge in [-0.2, -0.15) is 13.2 Å². The highest BCUT2D eigenvalue weighted by molar-refractivity contribution is 6.33.